The number of rotatable bonds is 5. The first-order chi connectivity index (χ1) is 13.2. The first-order valence-electron chi connectivity index (χ1n) is 8.67. The molecule has 8 nitrogen and oxygen atoms in total. The third kappa shape index (κ3) is 3.75. The highest BCUT2D eigenvalue weighted by Gasteiger charge is 2.22. The summed E-state index contributed by atoms with van der Waals surface area (Å²) in [7, 11) is -7.46. The molecule has 28 heavy (non-hydrogen) atoms. The van der Waals surface area contributed by atoms with E-state index in [0.29, 0.717) is 23.3 Å². The van der Waals surface area contributed by atoms with Crippen LogP contribution in [-0.2, 0) is 24.6 Å². The summed E-state index contributed by atoms with van der Waals surface area (Å²) in [5, 5.41) is 0. The molecule has 1 aromatic heterocycles. The van der Waals surface area contributed by atoms with Crippen molar-refractivity contribution >= 4 is 36.6 Å². The maximum atomic E-state index is 12.7. The average molecular weight is 422 g/mol. The van der Waals surface area contributed by atoms with E-state index in [1.807, 2.05) is 0 Å². The van der Waals surface area contributed by atoms with E-state index in [1.165, 1.54) is 18.2 Å². The molecule has 1 aliphatic rings. The van der Waals surface area contributed by atoms with E-state index in [-0.39, 0.29) is 15.9 Å². The molecule has 3 aromatic rings. The van der Waals surface area contributed by atoms with Crippen LogP contribution in [0.5, 0.6) is 0 Å². The molecular weight excluding hydrogens is 402 g/mol. The molecule has 148 valence electrons. The molecule has 1 fully saturated rings. The highest BCUT2D eigenvalue weighted by atomic mass is 32.2. The minimum Gasteiger partial charge on any atom is -0.370 e. The van der Waals surface area contributed by atoms with Crippen LogP contribution in [0.1, 0.15) is 24.8 Å². The number of anilines is 1. The fourth-order valence-corrected chi connectivity index (χ4v) is 4.96. The van der Waals surface area contributed by atoms with Crippen LogP contribution in [-0.4, -0.2) is 39.7 Å². The van der Waals surface area contributed by atoms with Crippen LogP contribution in [0.3, 0.4) is 0 Å². The molecule has 10 heteroatoms. The number of nitrogens with one attached hydrogen (secondary N) is 2. The van der Waals surface area contributed by atoms with Gasteiger partial charge in [-0.15, -0.1) is 0 Å². The number of sulfone groups is 1. The van der Waals surface area contributed by atoms with Gasteiger partial charge in [0.15, 0.2) is 9.84 Å². The lowest BCUT2D eigenvalue weighted by Gasteiger charge is -2.09. The minimum absolute atomic E-state index is 0.0550. The highest BCUT2D eigenvalue weighted by Crippen LogP contribution is 2.29. The van der Waals surface area contributed by atoms with Crippen molar-refractivity contribution in [2.45, 2.75) is 28.7 Å². The molecule has 0 bridgehead atoms. The Bertz CT molecular complexity index is 1240. The second kappa shape index (κ2) is 6.87. The molecule has 2 N–H and O–H groups in total. The number of nitrogens with zero attached hydrogens (tertiary/aromatic N) is 1. The van der Waals surface area contributed by atoms with E-state index in [2.05, 4.69) is 14.7 Å². The Morgan fingerprint density at radius 3 is 2.61 bits per heavy atom. The molecule has 0 amide bonds. The van der Waals surface area contributed by atoms with Crippen LogP contribution in [0.2, 0.25) is 0 Å². The van der Waals surface area contributed by atoms with E-state index < -0.39 is 19.9 Å². The van der Waals surface area contributed by atoms with Crippen LogP contribution in [0.4, 0.5) is 5.69 Å². The highest BCUT2D eigenvalue weighted by molar-refractivity contribution is 7.93. The smallest absolute Gasteiger partial charge is 0.261 e. The largest absolute Gasteiger partial charge is 0.370 e. The Morgan fingerprint density at radius 2 is 1.89 bits per heavy atom. The van der Waals surface area contributed by atoms with E-state index in [1.54, 1.807) is 18.2 Å². The number of H-pyrrole nitrogens is 1. The van der Waals surface area contributed by atoms with Gasteiger partial charge < -0.3 is 9.72 Å². The van der Waals surface area contributed by atoms with Gasteiger partial charge in [-0.25, -0.2) is 21.8 Å². The van der Waals surface area contributed by atoms with Crippen LogP contribution < -0.4 is 4.72 Å². The lowest BCUT2D eigenvalue weighted by molar-refractivity contribution is 0.106. The van der Waals surface area contributed by atoms with Gasteiger partial charge in [0.2, 0.25) is 0 Å². The molecule has 1 unspecified atom stereocenters. The zero-order valence-corrected chi connectivity index (χ0v) is 16.7. The zero-order chi connectivity index (χ0) is 19.9. The molecule has 1 saturated heterocycles. The Morgan fingerprint density at radius 1 is 1.11 bits per heavy atom. The lowest BCUT2D eigenvalue weighted by Crippen LogP contribution is -2.13. The maximum Gasteiger partial charge on any atom is 0.261 e. The van der Waals surface area contributed by atoms with Crippen molar-refractivity contribution < 1.29 is 21.6 Å². The summed E-state index contributed by atoms with van der Waals surface area (Å²) in [5.41, 5.74) is 1.75. The summed E-state index contributed by atoms with van der Waals surface area (Å²) in [6, 6.07) is 10.2. The van der Waals surface area contributed by atoms with Crippen LogP contribution >= 0.6 is 0 Å². The van der Waals surface area contributed by atoms with Gasteiger partial charge in [0.1, 0.15) is 11.9 Å². The Labute approximate surface area is 162 Å². The molecule has 4 rings (SSSR count). The summed E-state index contributed by atoms with van der Waals surface area (Å²) in [6.07, 6.45) is 2.85. The summed E-state index contributed by atoms with van der Waals surface area (Å²) < 4.78 is 56.8. The number of ether oxygens (including phenoxy) is 1. The lowest BCUT2D eigenvalue weighted by atomic mass is 10.2. The Balaban J connectivity index is 1.63. The van der Waals surface area contributed by atoms with E-state index in [0.717, 1.165) is 31.0 Å². The quantitative estimate of drug-likeness (QED) is 0.654. The van der Waals surface area contributed by atoms with E-state index >= 15 is 0 Å². The van der Waals surface area contributed by atoms with Gasteiger partial charge in [-0.05, 0) is 49.2 Å². The Hall–Kier alpha value is -2.43. The van der Waals surface area contributed by atoms with Gasteiger partial charge in [-0.1, -0.05) is 6.07 Å². The summed E-state index contributed by atoms with van der Waals surface area (Å²) in [5.74, 6) is 0.730. The predicted octanol–water partition coefficient (Wildman–Crippen LogP) is 2.62. The third-order valence-corrected chi connectivity index (χ3v) is 7.02. The van der Waals surface area contributed by atoms with Crippen molar-refractivity contribution in [2.75, 3.05) is 17.6 Å². The van der Waals surface area contributed by atoms with Crippen molar-refractivity contribution in [3.8, 4) is 0 Å². The fourth-order valence-electron chi connectivity index (χ4n) is 3.12. The molecule has 0 aliphatic carbocycles. The first kappa shape index (κ1) is 18.9. The average Bonchev–Trinajstić information content (AvgIpc) is 3.30. The Kier molecular flexibility index (Phi) is 4.64. The van der Waals surface area contributed by atoms with Gasteiger partial charge >= 0.3 is 0 Å². The van der Waals surface area contributed by atoms with Crippen LogP contribution in [0, 0.1) is 0 Å². The molecule has 0 radical (unpaired) electrons. The summed E-state index contributed by atoms with van der Waals surface area (Å²) >= 11 is 0. The number of benzene rings is 2. The molecule has 2 aromatic carbocycles. The topological polar surface area (TPSA) is 118 Å². The zero-order valence-electron chi connectivity index (χ0n) is 15.0. The van der Waals surface area contributed by atoms with E-state index in [4.69, 9.17) is 4.74 Å². The van der Waals surface area contributed by atoms with Crippen molar-refractivity contribution in [3.63, 3.8) is 0 Å². The van der Waals surface area contributed by atoms with Crippen molar-refractivity contribution in [2.24, 2.45) is 0 Å². The monoisotopic (exact) mass is 421 g/mol. The molecule has 1 atom stereocenters. The second-order valence-corrected chi connectivity index (χ2v) is 10.4. The van der Waals surface area contributed by atoms with Gasteiger partial charge in [-0.2, -0.15) is 0 Å². The standard InChI is InChI=1S/C18H19N3O5S2/c1-27(22,23)13-4-2-5-14(11-13)28(24,25)21-12-7-8-15-16(10-12)20-18(19-15)17-6-3-9-26-17/h2,4-5,7-8,10-11,17,21H,3,6,9H2,1H3,(H,19,20). The minimum atomic E-state index is -3.95. The summed E-state index contributed by atoms with van der Waals surface area (Å²) in [4.78, 5) is 7.51. The predicted molar refractivity (Wildman–Crippen MR) is 104 cm³/mol. The van der Waals surface area contributed by atoms with Crippen molar-refractivity contribution in [1.82, 2.24) is 9.97 Å². The number of aromatic nitrogens is 2. The number of sulfonamides is 1. The normalized spacial score (nSPS) is 17.8. The van der Waals surface area contributed by atoms with Crippen molar-refractivity contribution in [1.29, 1.82) is 0 Å². The van der Waals surface area contributed by atoms with Gasteiger partial charge in [-0.3, -0.25) is 4.72 Å². The fraction of sp³-hybridized carbons (Fsp3) is 0.278. The molecule has 0 saturated carbocycles. The number of hydrogen-bond donors (Lipinski definition) is 2. The number of hydrogen-bond acceptors (Lipinski definition) is 6. The maximum absolute atomic E-state index is 12.7. The SMILES string of the molecule is CS(=O)(=O)c1cccc(S(=O)(=O)Nc2ccc3nc(C4CCCO4)[nH]c3c2)c1. The van der Waals surface area contributed by atoms with Crippen LogP contribution in [0.25, 0.3) is 11.0 Å². The molecule has 2 heterocycles. The van der Waals surface area contributed by atoms with Gasteiger partial charge in [0.25, 0.3) is 10.0 Å². The summed E-state index contributed by atoms with van der Waals surface area (Å²) in [6.45, 7) is 0.708. The first-order valence-corrected chi connectivity index (χ1v) is 12.0. The number of fused-ring (bicyclic) bond motifs is 1. The van der Waals surface area contributed by atoms with Gasteiger partial charge in [0, 0.05) is 12.9 Å². The van der Waals surface area contributed by atoms with Crippen molar-refractivity contribution in [3.05, 3.63) is 48.3 Å². The molecule has 1 aliphatic heterocycles. The second-order valence-electron chi connectivity index (χ2n) is 6.71. The van der Waals surface area contributed by atoms with E-state index in [9.17, 15) is 16.8 Å². The third-order valence-electron chi connectivity index (χ3n) is 4.53. The van der Waals surface area contributed by atoms with Gasteiger partial charge in [0.05, 0.1) is 26.5 Å². The van der Waals surface area contributed by atoms with Crippen LogP contribution in [0.15, 0.2) is 52.3 Å². The number of imidazole rings is 1. The molecular formula is C18H19N3O5S2. The number of aromatic amines is 1. The molecule has 0 spiro atoms.